The van der Waals surface area contributed by atoms with E-state index in [0.717, 1.165) is 5.56 Å². The van der Waals surface area contributed by atoms with Crippen LogP contribution >= 0.6 is 0 Å². The van der Waals surface area contributed by atoms with Crippen LogP contribution in [0.25, 0.3) is 11.0 Å². The van der Waals surface area contributed by atoms with Crippen LogP contribution in [0.2, 0.25) is 0 Å². The van der Waals surface area contributed by atoms with Crippen molar-refractivity contribution >= 4 is 40.0 Å². The summed E-state index contributed by atoms with van der Waals surface area (Å²) in [6.45, 7) is 1.97. The Labute approximate surface area is 166 Å². The zero-order valence-corrected chi connectivity index (χ0v) is 15.6. The first-order chi connectivity index (χ1) is 14.0. The van der Waals surface area contributed by atoms with Gasteiger partial charge in [-0.3, -0.25) is 4.79 Å². The van der Waals surface area contributed by atoms with E-state index in [0.29, 0.717) is 33.5 Å². The van der Waals surface area contributed by atoms with Crippen LogP contribution in [0.15, 0.2) is 61.1 Å². The number of carbonyl (C=O) groups excluding carboxylic acids is 2. The number of aromatic amines is 1. The second kappa shape index (κ2) is 7.43. The van der Waals surface area contributed by atoms with Crippen molar-refractivity contribution in [3.63, 3.8) is 0 Å². The first-order valence-electron chi connectivity index (χ1n) is 8.88. The van der Waals surface area contributed by atoms with E-state index in [1.165, 1.54) is 6.33 Å². The quantitative estimate of drug-likeness (QED) is 0.398. The predicted octanol–water partition coefficient (Wildman–Crippen LogP) is 3.72. The molecule has 0 spiro atoms. The van der Waals surface area contributed by atoms with Crippen LogP contribution in [0.1, 0.15) is 21.5 Å². The number of aryl methyl sites for hydroxylation is 1. The minimum Gasteiger partial charge on any atom is -0.383 e. The molecule has 144 valence electrons. The topological polar surface area (TPSA) is 126 Å². The van der Waals surface area contributed by atoms with Gasteiger partial charge < -0.3 is 21.4 Å². The Morgan fingerprint density at radius 2 is 1.76 bits per heavy atom. The number of nitrogen functional groups attached to an aromatic ring is 1. The fourth-order valence-electron chi connectivity index (χ4n) is 2.99. The highest BCUT2D eigenvalue weighted by Gasteiger charge is 2.18. The Balaban J connectivity index is 1.54. The van der Waals surface area contributed by atoms with Gasteiger partial charge in [0, 0.05) is 23.1 Å². The summed E-state index contributed by atoms with van der Waals surface area (Å²) in [5, 5.41) is 5.97. The number of nitrogens with two attached hydrogens (primary N) is 1. The summed E-state index contributed by atoms with van der Waals surface area (Å²) in [7, 11) is 0. The van der Waals surface area contributed by atoms with Gasteiger partial charge in [0.2, 0.25) is 0 Å². The molecule has 0 aliphatic rings. The smallest absolute Gasteiger partial charge is 0.323 e. The summed E-state index contributed by atoms with van der Waals surface area (Å²) in [5.74, 6) is -0.0216. The molecule has 0 saturated heterocycles. The Kier molecular flexibility index (Phi) is 4.66. The van der Waals surface area contributed by atoms with Crippen molar-refractivity contribution in [2.24, 2.45) is 0 Å². The van der Waals surface area contributed by atoms with E-state index in [1.807, 2.05) is 31.2 Å². The van der Waals surface area contributed by atoms with Crippen LogP contribution in [-0.2, 0) is 0 Å². The first-order valence-corrected chi connectivity index (χ1v) is 8.88. The average Bonchev–Trinajstić information content (AvgIpc) is 3.15. The molecule has 5 N–H and O–H groups in total. The lowest BCUT2D eigenvalue weighted by Crippen LogP contribution is -2.19. The van der Waals surface area contributed by atoms with Gasteiger partial charge in [-0.15, -0.1) is 0 Å². The lowest BCUT2D eigenvalue weighted by atomic mass is 10.0. The van der Waals surface area contributed by atoms with Crippen LogP contribution < -0.4 is 16.4 Å². The number of H-pyrrole nitrogens is 1. The highest BCUT2D eigenvalue weighted by Crippen LogP contribution is 2.24. The fraction of sp³-hybridized carbons (Fsp3) is 0.0476. The number of fused-ring (bicyclic) bond motifs is 1. The molecule has 0 aliphatic carbocycles. The zero-order chi connectivity index (χ0) is 20.4. The van der Waals surface area contributed by atoms with E-state index in [2.05, 4.69) is 25.6 Å². The number of hydrogen-bond acceptors (Lipinski definition) is 5. The Morgan fingerprint density at radius 3 is 2.55 bits per heavy atom. The molecule has 2 aromatic carbocycles. The minimum absolute atomic E-state index is 0.228. The summed E-state index contributed by atoms with van der Waals surface area (Å²) in [6, 6.07) is 13.7. The number of urea groups is 1. The van der Waals surface area contributed by atoms with Crippen LogP contribution in [0.3, 0.4) is 0 Å². The molecular weight excluding hydrogens is 368 g/mol. The third kappa shape index (κ3) is 3.77. The number of aromatic nitrogens is 3. The molecule has 29 heavy (non-hydrogen) atoms. The molecule has 0 saturated carbocycles. The molecule has 8 nitrogen and oxygen atoms in total. The molecule has 0 fully saturated rings. The van der Waals surface area contributed by atoms with Gasteiger partial charge in [-0.2, -0.15) is 0 Å². The van der Waals surface area contributed by atoms with Gasteiger partial charge in [-0.05, 0) is 31.2 Å². The molecule has 4 aromatic rings. The molecule has 8 heteroatoms. The van der Waals surface area contributed by atoms with Gasteiger partial charge in [-0.25, -0.2) is 14.8 Å². The number of nitrogens with one attached hydrogen (secondary N) is 3. The number of anilines is 3. The third-order valence-electron chi connectivity index (χ3n) is 4.44. The van der Waals surface area contributed by atoms with Gasteiger partial charge in [0.15, 0.2) is 5.78 Å². The standard InChI is InChI=1S/C21H18N6O2/c1-12-5-7-14(8-6-12)26-21(29)27-15-4-2-3-13(9-15)18(28)16-10-23-20-17(16)19(22)24-11-25-20/h2-11H,1H3,(H2,26,27,29)(H3,22,23,24,25). The predicted molar refractivity (Wildman–Crippen MR) is 112 cm³/mol. The van der Waals surface area contributed by atoms with Gasteiger partial charge in [0.25, 0.3) is 0 Å². The van der Waals surface area contributed by atoms with Gasteiger partial charge in [-0.1, -0.05) is 29.8 Å². The van der Waals surface area contributed by atoms with Crippen molar-refractivity contribution in [1.82, 2.24) is 15.0 Å². The first kappa shape index (κ1) is 18.2. The van der Waals surface area contributed by atoms with Crippen molar-refractivity contribution < 1.29 is 9.59 Å². The maximum atomic E-state index is 13.0. The highest BCUT2D eigenvalue weighted by atomic mass is 16.2. The Bertz CT molecular complexity index is 1210. The van der Waals surface area contributed by atoms with E-state index in [-0.39, 0.29) is 11.6 Å². The summed E-state index contributed by atoms with van der Waals surface area (Å²) >= 11 is 0. The van der Waals surface area contributed by atoms with Crippen molar-refractivity contribution in [3.8, 4) is 0 Å². The molecule has 0 atom stereocenters. The Hall–Kier alpha value is -4.20. The second-order valence-corrected chi connectivity index (χ2v) is 6.54. The van der Waals surface area contributed by atoms with E-state index in [4.69, 9.17) is 5.73 Å². The molecule has 2 aromatic heterocycles. The molecule has 2 heterocycles. The summed E-state index contributed by atoms with van der Waals surface area (Å²) in [4.78, 5) is 36.2. The van der Waals surface area contributed by atoms with E-state index in [1.54, 1.807) is 30.5 Å². The minimum atomic E-state index is -0.400. The van der Waals surface area contributed by atoms with Crippen LogP contribution in [0.4, 0.5) is 22.0 Å². The Morgan fingerprint density at radius 1 is 1.00 bits per heavy atom. The van der Waals surface area contributed by atoms with Crippen LogP contribution in [-0.4, -0.2) is 26.8 Å². The largest absolute Gasteiger partial charge is 0.383 e. The molecular formula is C21H18N6O2. The molecule has 2 amide bonds. The molecule has 0 bridgehead atoms. The third-order valence-corrected chi connectivity index (χ3v) is 4.44. The van der Waals surface area contributed by atoms with E-state index >= 15 is 0 Å². The lowest BCUT2D eigenvalue weighted by molar-refractivity contribution is 0.104. The summed E-state index contributed by atoms with van der Waals surface area (Å²) in [5.41, 5.74) is 9.45. The van der Waals surface area contributed by atoms with Crippen molar-refractivity contribution in [2.75, 3.05) is 16.4 Å². The molecule has 4 rings (SSSR count). The van der Waals surface area contributed by atoms with E-state index < -0.39 is 6.03 Å². The fourth-order valence-corrected chi connectivity index (χ4v) is 2.99. The van der Waals surface area contributed by atoms with Crippen molar-refractivity contribution in [1.29, 1.82) is 0 Å². The van der Waals surface area contributed by atoms with Crippen LogP contribution in [0.5, 0.6) is 0 Å². The number of hydrogen-bond donors (Lipinski definition) is 4. The summed E-state index contributed by atoms with van der Waals surface area (Å²) < 4.78 is 0. The number of rotatable bonds is 4. The molecule has 0 unspecified atom stereocenters. The van der Waals surface area contributed by atoms with Gasteiger partial charge in [0.1, 0.15) is 17.8 Å². The van der Waals surface area contributed by atoms with Gasteiger partial charge in [0.05, 0.1) is 10.9 Å². The molecule has 0 aliphatic heterocycles. The number of amides is 2. The second-order valence-electron chi connectivity index (χ2n) is 6.54. The van der Waals surface area contributed by atoms with Crippen molar-refractivity contribution in [3.05, 3.63) is 77.7 Å². The number of nitrogens with zero attached hydrogens (tertiary/aromatic N) is 2. The number of benzene rings is 2. The van der Waals surface area contributed by atoms with Crippen molar-refractivity contribution in [2.45, 2.75) is 6.92 Å². The SMILES string of the molecule is Cc1ccc(NC(=O)Nc2cccc(C(=O)c3c[nH]c4ncnc(N)c34)c2)cc1. The van der Waals surface area contributed by atoms with E-state index in [9.17, 15) is 9.59 Å². The maximum absolute atomic E-state index is 13.0. The monoisotopic (exact) mass is 386 g/mol. The number of ketones is 1. The lowest BCUT2D eigenvalue weighted by Gasteiger charge is -2.09. The van der Waals surface area contributed by atoms with Gasteiger partial charge >= 0.3 is 6.03 Å². The number of carbonyl (C=O) groups is 2. The summed E-state index contributed by atoms with van der Waals surface area (Å²) in [6.07, 6.45) is 2.89. The normalized spacial score (nSPS) is 10.7. The highest BCUT2D eigenvalue weighted by molar-refractivity contribution is 6.18. The maximum Gasteiger partial charge on any atom is 0.323 e. The molecule has 0 radical (unpaired) electrons. The van der Waals surface area contributed by atoms with Crippen LogP contribution in [0, 0.1) is 6.92 Å². The average molecular weight is 386 g/mol. The zero-order valence-electron chi connectivity index (χ0n) is 15.6.